The van der Waals surface area contributed by atoms with Crippen molar-refractivity contribution in [1.82, 2.24) is 5.43 Å². The molecule has 1 amide bonds. The van der Waals surface area contributed by atoms with Crippen molar-refractivity contribution in [2.24, 2.45) is 5.10 Å². The molecule has 26 heavy (non-hydrogen) atoms. The Morgan fingerprint density at radius 2 is 1.88 bits per heavy atom. The average Bonchev–Trinajstić information content (AvgIpc) is 3.17. The smallest absolute Gasteiger partial charge is 0.271 e. The summed E-state index contributed by atoms with van der Waals surface area (Å²) < 4.78 is 16.1. The molecule has 138 valence electrons. The van der Waals surface area contributed by atoms with E-state index in [0.29, 0.717) is 22.8 Å². The van der Waals surface area contributed by atoms with Crippen molar-refractivity contribution in [3.05, 3.63) is 41.7 Å². The quantitative estimate of drug-likeness (QED) is 0.635. The molecule has 2 heterocycles. The zero-order valence-electron chi connectivity index (χ0n) is 15.0. The molecule has 7 heteroatoms. The van der Waals surface area contributed by atoms with Crippen LogP contribution in [0.2, 0.25) is 0 Å². The van der Waals surface area contributed by atoms with Crippen LogP contribution in [0.15, 0.2) is 39.9 Å². The zero-order chi connectivity index (χ0) is 18.4. The second-order valence-corrected chi connectivity index (χ2v) is 5.99. The minimum atomic E-state index is -0.343. The molecule has 1 aliphatic heterocycles. The largest absolute Gasteiger partial charge is 0.493 e. The Balaban J connectivity index is 1.60. The van der Waals surface area contributed by atoms with Crippen LogP contribution in [0.25, 0.3) is 0 Å². The van der Waals surface area contributed by atoms with Gasteiger partial charge in [0.15, 0.2) is 17.4 Å². The first-order valence-corrected chi connectivity index (χ1v) is 8.61. The fourth-order valence-electron chi connectivity index (χ4n) is 2.89. The van der Waals surface area contributed by atoms with Gasteiger partial charge in [-0.05, 0) is 43.5 Å². The van der Waals surface area contributed by atoms with Crippen molar-refractivity contribution >= 4 is 18.0 Å². The summed E-state index contributed by atoms with van der Waals surface area (Å²) in [5.41, 5.74) is 2.91. The summed E-state index contributed by atoms with van der Waals surface area (Å²) in [6.07, 6.45) is 5.14. The third kappa shape index (κ3) is 4.17. The van der Waals surface area contributed by atoms with Gasteiger partial charge in [-0.3, -0.25) is 4.79 Å². The standard InChI is InChI=1S/C19H23N3O4/c1-24-16-8-6-14(12-17(16)25-2)19(23)21-20-13-15-7-9-18(26-15)22-10-4-3-5-11-22/h6-9,12-13H,3-5,10-11H2,1-2H3,(H,21,23)/b20-13-. The first-order valence-electron chi connectivity index (χ1n) is 8.61. The van der Waals surface area contributed by atoms with Crippen LogP contribution in [0.4, 0.5) is 5.88 Å². The normalized spacial score (nSPS) is 14.5. The van der Waals surface area contributed by atoms with Crippen molar-refractivity contribution in [1.29, 1.82) is 0 Å². The SMILES string of the molecule is COc1ccc(C(=O)N/N=C\c2ccc(N3CCCCC3)o2)cc1OC. The third-order valence-electron chi connectivity index (χ3n) is 4.28. The maximum absolute atomic E-state index is 12.2. The van der Waals surface area contributed by atoms with Crippen molar-refractivity contribution in [3.8, 4) is 11.5 Å². The van der Waals surface area contributed by atoms with Gasteiger partial charge in [-0.25, -0.2) is 5.43 Å². The predicted molar refractivity (Wildman–Crippen MR) is 99.4 cm³/mol. The highest BCUT2D eigenvalue weighted by Crippen LogP contribution is 2.27. The molecule has 0 spiro atoms. The van der Waals surface area contributed by atoms with Gasteiger partial charge in [0, 0.05) is 24.7 Å². The molecule has 1 aromatic carbocycles. The lowest BCUT2D eigenvalue weighted by atomic mass is 10.1. The van der Waals surface area contributed by atoms with E-state index in [-0.39, 0.29) is 5.91 Å². The number of carbonyl (C=O) groups is 1. The number of piperidine rings is 1. The Kier molecular flexibility index (Phi) is 5.78. The van der Waals surface area contributed by atoms with Crippen LogP contribution < -0.4 is 19.8 Å². The van der Waals surface area contributed by atoms with E-state index in [9.17, 15) is 4.79 Å². The van der Waals surface area contributed by atoms with E-state index in [2.05, 4.69) is 15.4 Å². The van der Waals surface area contributed by atoms with Gasteiger partial charge in [-0.1, -0.05) is 0 Å². The first kappa shape index (κ1) is 17.8. The molecule has 0 atom stereocenters. The molecule has 0 aliphatic carbocycles. The number of rotatable bonds is 6. The molecule has 0 unspecified atom stereocenters. The van der Waals surface area contributed by atoms with Crippen LogP contribution in [0.3, 0.4) is 0 Å². The molecule has 0 saturated carbocycles. The predicted octanol–water partition coefficient (Wildman–Crippen LogP) is 3.05. The Bertz CT molecular complexity index is 779. The van der Waals surface area contributed by atoms with E-state index < -0.39 is 0 Å². The van der Waals surface area contributed by atoms with Crippen molar-refractivity contribution in [3.63, 3.8) is 0 Å². The fourth-order valence-corrected chi connectivity index (χ4v) is 2.89. The number of nitrogens with zero attached hydrogens (tertiary/aromatic N) is 2. The molecule has 1 aliphatic rings. The Hall–Kier alpha value is -2.96. The van der Waals surface area contributed by atoms with Gasteiger partial charge in [0.05, 0.1) is 20.4 Å². The minimum Gasteiger partial charge on any atom is -0.493 e. The Morgan fingerprint density at radius 1 is 1.12 bits per heavy atom. The van der Waals surface area contributed by atoms with Gasteiger partial charge in [0.2, 0.25) is 0 Å². The summed E-state index contributed by atoms with van der Waals surface area (Å²) in [6, 6.07) is 8.70. The zero-order valence-corrected chi connectivity index (χ0v) is 15.0. The van der Waals surface area contributed by atoms with Gasteiger partial charge in [0.25, 0.3) is 5.91 Å². The van der Waals surface area contributed by atoms with E-state index in [0.717, 1.165) is 19.0 Å². The minimum absolute atomic E-state index is 0.343. The van der Waals surface area contributed by atoms with Gasteiger partial charge in [-0.15, -0.1) is 0 Å². The van der Waals surface area contributed by atoms with E-state index in [1.165, 1.54) is 32.6 Å². The highest BCUT2D eigenvalue weighted by Gasteiger charge is 2.14. The number of methoxy groups -OCH3 is 2. The van der Waals surface area contributed by atoms with Crippen molar-refractivity contribution in [2.75, 3.05) is 32.2 Å². The number of ether oxygens (including phenoxy) is 2. The maximum Gasteiger partial charge on any atom is 0.271 e. The van der Waals surface area contributed by atoms with Gasteiger partial charge >= 0.3 is 0 Å². The van der Waals surface area contributed by atoms with Gasteiger partial charge in [-0.2, -0.15) is 5.10 Å². The highest BCUT2D eigenvalue weighted by atomic mass is 16.5. The monoisotopic (exact) mass is 357 g/mol. The van der Waals surface area contributed by atoms with Gasteiger partial charge < -0.3 is 18.8 Å². The molecule has 3 rings (SSSR count). The number of hydrazone groups is 1. The number of benzene rings is 1. The average molecular weight is 357 g/mol. The second-order valence-electron chi connectivity index (χ2n) is 5.99. The van der Waals surface area contributed by atoms with Crippen molar-refractivity contribution in [2.45, 2.75) is 19.3 Å². The van der Waals surface area contributed by atoms with E-state index in [4.69, 9.17) is 13.9 Å². The molecule has 1 aromatic heterocycles. The lowest BCUT2D eigenvalue weighted by Crippen LogP contribution is -2.28. The molecule has 1 saturated heterocycles. The maximum atomic E-state index is 12.2. The van der Waals surface area contributed by atoms with Crippen LogP contribution in [0.5, 0.6) is 11.5 Å². The van der Waals surface area contributed by atoms with Crippen LogP contribution in [-0.4, -0.2) is 39.4 Å². The summed E-state index contributed by atoms with van der Waals surface area (Å²) in [5, 5.41) is 3.97. The number of anilines is 1. The summed E-state index contributed by atoms with van der Waals surface area (Å²) in [6.45, 7) is 2.03. The molecule has 1 N–H and O–H groups in total. The number of amides is 1. The topological polar surface area (TPSA) is 76.3 Å². The van der Waals surface area contributed by atoms with E-state index >= 15 is 0 Å². The first-order chi connectivity index (χ1) is 12.7. The van der Waals surface area contributed by atoms with Crippen LogP contribution >= 0.6 is 0 Å². The third-order valence-corrected chi connectivity index (χ3v) is 4.28. The fraction of sp³-hybridized carbons (Fsp3) is 0.368. The van der Waals surface area contributed by atoms with Crippen LogP contribution in [-0.2, 0) is 0 Å². The molecular weight excluding hydrogens is 334 g/mol. The molecular formula is C19H23N3O4. The van der Waals surface area contributed by atoms with Gasteiger partial charge in [0.1, 0.15) is 5.76 Å². The number of hydrogen-bond donors (Lipinski definition) is 1. The summed E-state index contributed by atoms with van der Waals surface area (Å²) in [7, 11) is 3.07. The highest BCUT2D eigenvalue weighted by molar-refractivity contribution is 5.95. The second kappa shape index (κ2) is 8.42. The van der Waals surface area contributed by atoms with Crippen LogP contribution in [0.1, 0.15) is 35.4 Å². The summed E-state index contributed by atoms with van der Waals surface area (Å²) in [5.74, 6) is 2.15. The van der Waals surface area contributed by atoms with Crippen molar-refractivity contribution < 1.29 is 18.7 Å². The number of carbonyl (C=O) groups excluding carboxylic acids is 1. The molecule has 0 radical (unpaired) electrons. The summed E-state index contributed by atoms with van der Waals surface area (Å²) >= 11 is 0. The summed E-state index contributed by atoms with van der Waals surface area (Å²) in [4.78, 5) is 14.4. The molecule has 7 nitrogen and oxygen atoms in total. The van der Waals surface area contributed by atoms with E-state index in [1.54, 1.807) is 25.3 Å². The lowest BCUT2D eigenvalue weighted by molar-refractivity contribution is 0.0954. The number of furan rings is 1. The molecule has 2 aromatic rings. The Morgan fingerprint density at radius 3 is 2.62 bits per heavy atom. The Labute approximate surface area is 152 Å². The lowest BCUT2D eigenvalue weighted by Gasteiger charge is -2.25. The molecule has 1 fully saturated rings. The van der Waals surface area contributed by atoms with Crippen LogP contribution in [0, 0.1) is 0 Å². The number of nitrogens with one attached hydrogen (secondary N) is 1. The number of hydrogen-bond acceptors (Lipinski definition) is 6. The molecule has 0 bridgehead atoms. The van der Waals surface area contributed by atoms with E-state index in [1.807, 2.05) is 12.1 Å².